The van der Waals surface area contributed by atoms with Gasteiger partial charge in [-0.25, -0.2) is 4.98 Å². The second-order valence-electron chi connectivity index (χ2n) is 6.74. The number of hydrogen-bond acceptors (Lipinski definition) is 3. The number of benzene rings is 2. The van der Waals surface area contributed by atoms with Gasteiger partial charge in [-0.2, -0.15) is 0 Å². The van der Waals surface area contributed by atoms with E-state index in [4.69, 9.17) is 21.1 Å². The minimum absolute atomic E-state index is 0. The van der Waals surface area contributed by atoms with E-state index in [1.54, 1.807) is 14.2 Å². The van der Waals surface area contributed by atoms with Gasteiger partial charge < -0.3 is 18.6 Å². The molecule has 0 saturated heterocycles. The van der Waals surface area contributed by atoms with Crippen LogP contribution < -0.4 is 9.47 Å². The van der Waals surface area contributed by atoms with Crippen LogP contribution in [0.2, 0.25) is 5.02 Å². The van der Waals surface area contributed by atoms with E-state index >= 15 is 0 Å². The minimum atomic E-state index is 0. The average molecular weight is 511 g/mol. The highest BCUT2D eigenvalue weighted by atomic mass is 79.9. The highest BCUT2D eigenvalue weighted by Crippen LogP contribution is 2.42. The minimum Gasteiger partial charge on any atom is -0.493 e. The molecule has 0 fully saturated rings. The van der Waals surface area contributed by atoms with Crippen molar-refractivity contribution in [1.82, 2.24) is 14.1 Å². The third kappa shape index (κ3) is 3.68. The highest BCUT2D eigenvalue weighted by molar-refractivity contribution is 9.10. The number of rotatable bonds is 5. The van der Waals surface area contributed by atoms with Gasteiger partial charge in [0.05, 0.1) is 41.4 Å². The summed E-state index contributed by atoms with van der Waals surface area (Å²) in [5.41, 5.74) is 4.97. The predicted octanol–water partition coefficient (Wildman–Crippen LogP) is 6.58. The molecule has 0 bridgehead atoms. The van der Waals surface area contributed by atoms with E-state index in [1.165, 1.54) is 0 Å². The molecule has 0 aliphatic carbocycles. The molecule has 2 aromatic heterocycles. The molecule has 0 spiro atoms. The second kappa shape index (κ2) is 8.92. The summed E-state index contributed by atoms with van der Waals surface area (Å²) >= 11 is 10.1. The Labute approximate surface area is 195 Å². The van der Waals surface area contributed by atoms with E-state index < -0.39 is 0 Å². The Morgan fingerprint density at radius 3 is 2.53 bits per heavy atom. The third-order valence-corrected chi connectivity index (χ3v) is 5.98. The molecule has 0 amide bonds. The van der Waals surface area contributed by atoms with Crippen molar-refractivity contribution < 1.29 is 9.47 Å². The Bertz CT molecular complexity index is 1220. The van der Waals surface area contributed by atoms with Crippen molar-refractivity contribution in [3.63, 3.8) is 0 Å². The second-order valence-corrected chi connectivity index (χ2v) is 8.00. The summed E-state index contributed by atoms with van der Waals surface area (Å²) in [4.78, 5) is 4.67. The van der Waals surface area contributed by atoms with Crippen LogP contribution in [0.25, 0.3) is 33.4 Å². The van der Waals surface area contributed by atoms with Crippen LogP contribution in [0.15, 0.2) is 47.3 Å². The lowest BCUT2D eigenvalue weighted by Gasteiger charge is -2.13. The lowest BCUT2D eigenvalue weighted by atomic mass is 10.0. The zero-order valence-electron chi connectivity index (χ0n) is 17.1. The van der Waals surface area contributed by atoms with Crippen LogP contribution >= 0.6 is 39.9 Å². The van der Waals surface area contributed by atoms with Gasteiger partial charge >= 0.3 is 0 Å². The highest BCUT2D eigenvalue weighted by Gasteiger charge is 2.19. The lowest BCUT2D eigenvalue weighted by Crippen LogP contribution is -1.95. The summed E-state index contributed by atoms with van der Waals surface area (Å²) in [5, 5.41) is 1.79. The molecule has 4 aromatic rings. The lowest BCUT2D eigenvalue weighted by molar-refractivity contribution is 0.353. The smallest absolute Gasteiger partial charge is 0.174 e. The summed E-state index contributed by atoms with van der Waals surface area (Å²) in [6.45, 7) is 2.98. The van der Waals surface area contributed by atoms with Gasteiger partial charge in [-0.3, -0.25) is 0 Å². The number of aryl methyl sites for hydroxylation is 2. The maximum Gasteiger partial charge on any atom is 0.174 e. The first-order valence-electron chi connectivity index (χ1n) is 9.20. The molecule has 0 unspecified atom stereocenters. The monoisotopic (exact) mass is 509 g/mol. The zero-order valence-corrected chi connectivity index (χ0v) is 20.2. The van der Waals surface area contributed by atoms with Gasteiger partial charge in [0.2, 0.25) is 0 Å². The molecule has 0 aliphatic heterocycles. The van der Waals surface area contributed by atoms with Crippen molar-refractivity contribution in [2.75, 3.05) is 14.2 Å². The van der Waals surface area contributed by atoms with E-state index in [-0.39, 0.29) is 12.4 Å². The predicted molar refractivity (Wildman–Crippen MR) is 128 cm³/mol. The van der Waals surface area contributed by atoms with Gasteiger partial charge in [0.25, 0.3) is 0 Å². The largest absolute Gasteiger partial charge is 0.493 e. The van der Waals surface area contributed by atoms with Gasteiger partial charge in [0.15, 0.2) is 11.5 Å². The Kier molecular flexibility index (Phi) is 6.70. The first-order valence-corrected chi connectivity index (χ1v) is 10.4. The third-order valence-electron chi connectivity index (χ3n) is 5.09. The molecule has 0 aliphatic rings. The summed E-state index contributed by atoms with van der Waals surface area (Å²) in [7, 11) is 5.24. The van der Waals surface area contributed by atoms with Crippen LogP contribution in [0.4, 0.5) is 0 Å². The number of fused-ring (bicyclic) bond motifs is 1. The molecule has 0 N–H and O–H groups in total. The Hall–Kier alpha value is -2.15. The molecule has 4 rings (SSSR count). The number of nitrogens with zero attached hydrogens (tertiary/aromatic N) is 3. The van der Waals surface area contributed by atoms with E-state index in [2.05, 4.69) is 50.6 Å². The maximum atomic E-state index is 6.50. The van der Waals surface area contributed by atoms with Crippen LogP contribution in [0, 0.1) is 0 Å². The van der Waals surface area contributed by atoms with Crippen molar-refractivity contribution in [2.45, 2.75) is 13.5 Å². The SMILES string of the molecule is CCn1cc(Cl)c2cc(-c3c(-c4cc(Br)c(OC)c(OC)c4)ncn3C)ccc21.Cl. The zero-order chi connectivity index (χ0) is 20.7. The molecule has 5 nitrogen and oxygen atoms in total. The van der Waals surface area contributed by atoms with Gasteiger partial charge in [-0.15, -0.1) is 12.4 Å². The van der Waals surface area contributed by atoms with E-state index in [1.807, 2.05) is 36.3 Å². The standard InChI is InChI=1S/C22H21BrClN3O2.ClH/c1-5-27-11-17(24)15-8-13(6-7-18(15)27)21-20(25-12-26(21)2)14-9-16(23)22(29-4)19(10-14)28-3;/h6-12H,5H2,1-4H3;1H. The summed E-state index contributed by atoms with van der Waals surface area (Å²) in [6, 6.07) is 10.3. The molecule has 0 radical (unpaired) electrons. The molecule has 158 valence electrons. The molecule has 2 heterocycles. The fourth-order valence-corrected chi connectivity index (χ4v) is 4.57. The van der Waals surface area contributed by atoms with Crippen LogP contribution in [-0.2, 0) is 13.6 Å². The van der Waals surface area contributed by atoms with Crippen LogP contribution in [0.1, 0.15) is 6.92 Å². The molecule has 30 heavy (non-hydrogen) atoms. The summed E-state index contributed by atoms with van der Waals surface area (Å²) in [6.07, 6.45) is 3.80. The van der Waals surface area contributed by atoms with E-state index in [0.29, 0.717) is 11.5 Å². The van der Waals surface area contributed by atoms with Crippen LogP contribution in [0.3, 0.4) is 0 Å². The number of imidazole rings is 1. The Morgan fingerprint density at radius 2 is 1.87 bits per heavy atom. The number of methoxy groups -OCH3 is 2. The van der Waals surface area contributed by atoms with Crippen molar-refractivity contribution in [2.24, 2.45) is 7.05 Å². The molecule has 0 saturated carbocycles. The van der Waals surface area contributed by atoms with Crippen molar-refractivity contribution >= 4 is 50.8 Å². The van der Waals surface area contributed by atoms with Gasteiger partial charge in [0, 0.05) is 41.8 Å². The molecule has 8 heteroatoms. The maximum absolute atomic E-state index is 6.50. The van der Waals surface area contributed by atoms with Crippen molar-refractivity contribution in [3.05, 3.63) is 52.4 Å². The summed E-state index contributed by atoms with van der Waals surface area (Å²) < 4.78 is 15.9. The first kappa shape index (κ1) is 22.5. The average Bonchev–Trinajstić information content (AvgIpc) is 3.26. The fourth-order valence-electron chi connectivity index (χ4n) is 3.70. The van der Waals surface area contributed by atoms with Crippen LogP contribution in [0.5, 0.6) is 11.5 Å². The van der Waals surface area contributed by atoms with E-state index in [0.717, 1.165) is 49.5 Å². The number of ether oxygens (including phenoxy) is 2. The Balaban J connectivity index is 0.00000256. The molecule has 0 atom stereocenters. The number of halogens is 3. The molecular formula is C22H22BrCl2N3O2. The number of aromatic nitrogens is 3. The van der Waals surface area contributed by atoms with Gasteiger partial charge in [-0.1, -0.05) is 17.7 Å². The fraction of sp³-hybridized carbons (Fsp3) is 0.227. The normalized spacial score (nSPS) is 10.9. The summed E-state index contributed by atoms with van der Waals surface area (Å²) in [5.74, 6) is 1.30. The van der Waals surface area contributed by atoms with Crippen molar-refractivity contribution in [3.8, 4) is 34.0 Å². The van der Waals surface area contributed by atoms with Gasteiger partial charge in [0.1, 0.15) is 0 Å². The van der Waals surface area contributed by atoms with Crippen LogP contribution in [-0.4, -0.2) is 28.3 Å². The topological polar surface area (TPSA) is 41.2 Å². The quantitative estimate of drug-likeness (QED) is 0.304. The van der Waals surface area contributed by atoms with E-state index in [9.17, 15) is 0 Å². The van der Waals surface area contributed by atoms with Crippen molar-refractivity contribution in [1.29, 1.82) is 0 Å². The first-order chi connectivity index (χ1) is 14.0. The molecule has 2 aromatic carbocycles. The molecular weight excluding hydrogens is 489 g/mol. The Morgan fingerprint density at radius 1 is 1.10 bits per heavy atom. The number of hydrogen-bond donors (Lipinski definition) is 0. The van der Waals surface area contributed by atoms with Gasteiger partial charge in [-0.05, 0) is 47.1 Å².